The van der Waals surface area contributed by atoms with Gasteiger partial charge in [-0.25, -0.2) is 0 Å². The van der Waals surface area contributed by atoms with E-state index in [4.69, 9.17) is 13.3 Å². The van der Waals surface area contributed by atoms with Crippen molar-refractivity contribution in [3.05, 3.63) is 48.7 Å². The number of nitrogens with one attached hydrogen (secondary N) is 1. The maximum atomic E-state index is 6.23. The van der Waals surface area contributed by atoms with E-state index >= 15 is 0 Å². The van der Waals surface area contributed by atoms with Gasteiger partial charge in [0, 0.05) is 44.0 Å². The highest BCUT2D eigenvalue weighted by atomic mass is 35.5. The van der Waals surface area contributed by atoms with E-state index in [0.717, 1.165) is 38.6 Å². The second-order valence-electron chi connectivity index (χ2n) is 8.18. The van der Waals surface area contributed by atoms with Crippen LogP contribution in [-0.2, 0) is 19.8 Å². The smallest absolute Gasteiger partial charge is 0.372 e. The van der Waals surface area contributed by atoms with Gasteiger partial charge in [0.25, 0.3) is 0 Å². The van der Waals surface area contributed by atoms with Crippen molar-refractivity contribution >= 4 is 21.2 Å². The summed E-state index contributed by atoms with van der Waals surface area (Å²) in [4.78, 5) is 2.23. The predicted octanol–water partition coefficient (Wildman–Crippen LogP) is 5.25. The first kappa shape index (κ1) is 29.1. The van der Waals surface area contributed by atoms with Crippen LogP contribution in [0.1, 0.15) is 53.5 Å². The van der Waals surface area contributed by atoms with Crippen LogP contribution in [0.15, 0.2) is 43.1 Å². The molecule has 0 unspecified atom stereocenters. The molecule has 0 saturated carbocycles. The van der Waals surface area contributed by atoms with Crippen LogP contribution in [0.25, 0.3) is 0 Å². The number of hydrogen-bond donors (Lipinski definition) is 1. The number of nitrogens with zero attached hydrogens (tertiary/aromatic N) is 1. The quantitative estimate of drug-likeness (QED) is 0.271. The Bertz CT molecular complexity index is 532. The largest absolute Gasteiger partial charge is 0.501 e. The minimum atomic E-state index is -2.69. The van der Waals surface area contributed by atoms with Crippen LogP contribution >= 0.6 is 12.4 Å². The first-order valence-electron chi connectivity index (χ1n) is 10.9. The Morgan fingerprint density at radius 1 is 0.933 bits per heavy atom. The van der Waals surface area contributed by atoms with Crippen molar-refractivity contribution in [2.75, 3.05) is 19.6 Å². The topological polar surface area (TPSA) is 43.0 Å². The summed E-state index contributed by atoms with van der Waals surface area (Å²) in [5.41, 5.74) is 1.30. The lowest BCUT2D eigenvalue weighted by Crippen LogP contribution is -2.51. The molecule has 7 heteroatoms. The molecule has 0 aliphatic rings. The Kier molecular flexibility index (Phi) is 15.4. The number of rotatable bonds is 16. The second kappa shape index (κ2) is 15.8. The van der Waals surface area contributed by atoms with E-state index in [1.165, 1.54) is 5.56 Å². The van der Waals surface area contributed by atoms with E-state index in [2.05, 4.69) is 41.1 Å². The minimum Gasteiger partial charge on any atom is -0.372 e. The number of benzene rings is 1. The summed E-state index contributed by atoms with van der Waals surface area (Å²) in [5.74, 6) is 0. The van der Waals surface area contributed by atoms with Gasteiger partial charge in [0.1, 0.15) is 0 Å². The fourth-order valence-electron chi connectivity index (χ4n) is 3.17. The zero-order valence-electron chi connectivity index (χ0n) is 19.7. The molecular formula is C23H43ClN2O3Si. The van der Waals surface area contributed by atoms with Gasteiger partial charge < -0.3 is 23.5 Å². The molecule has 174 valence electrons. The lowest BCUT2D eigenvalue weighted by molar-refractivity contribution is 0.00291. The molecule has 0 aromatic heterocycles. The molecule has 0 atom stereocenters. The lowest BCUT2D eigenvalue weighted by atomic mass is 10.2. The molecule has 0 aliphatic heterocycles. The SMILES string of the molecule is C=CN(CCNCCC[Si](OC(C)C)(OC(C)C)OC(C)C)Cc1ccccc1.Cl. The molecule has 0 heterocycles. The molecule has 1 N–H and O–H groups in total. The average Bonchev–Trinajstić information content (AvgIpc) is 2.62. The fourth-order valence-corrected chi connectivity index (χ4v) is 6.45. The van der Waals surface area contributed by atoms with Crippen molar-refractivity contribution in [2.45, 2.75) is 78.9 Å². The standard InChI is InChI=1S/C23H42N2O3Si.ClH/c1-8-25(19-23-13-10-9-11-14-23)17-16-24-15-12-18-29(26-20(2)3,27-21(4)5)28-22(6)7;/h8-11,13-14,20-22,24H,1,12,15-19H2,2-7H3;1H. The molecule has 0 bridgehead atoms. The summed E-state index contributed by atoms with van der Waals surface area (Å²) in [7, 11) is -2.69. The van der Waals surface area contributed by atoms with Crippen LogP contribution in [0.3, 0.4) is 0 Å². The van der Waals surface area contributed by atoms with Crippen molar-refractivity contribution in [2.24, 2.45) is 0 Å². The van der Waals surface area contributed by atoms with Gasteiger partial charge in [-0.1, -0.05) is 36.9 Å². The van der Waals surface area contributed by atoms with Crippen molar-refractivity contribution in [1.82, 2.24) is 10.2 Å². The highest BCUT2D eigenvalue weighted by Gasteiger charge is 2.43. The molecule has 0 saturated heterocycles. The van der Waals surface area contributed by atoms with Crippen LogP contribution in [0.2, 0.25) is 6.04 Å². The summed E-state index contributed by atoms with van der Waals surface area (Å²) in [6.45, 7) is 19.8. The molecule has 0 radical (unpaired) electrons. The zero-order valence-corrected chi connectivity index (χ0v) is 21.5. The van der Waals surface area contributed by atoms with Gasteiger partial charge in [-0.15, -0.1) is 12.4 Å². The fraction of sp³-hybridized carbons (Fsp3) is 0.652. The molecular weight excluding hydrogens is 416 g/mol. The van der Waals surface area contributed by atoms with Gasteiger partial charge in [0.2, 0.25) is 0 Å². The van der Waals surface area contributed by atoms with E-state index < -0.39 is 8.80 Å². The summed E-state index contributed by atoms with van der Waals surface area (Å²) < 4.78 is 18.7. The third-order valence-electron chi connectivity index (χ3n) is 4.14. The van der Waals surface area contributed by atoms with Crippen molar-refractivity contribution in [1.29, 1.82) is 0 Å². The van der Waals surface area contributed by atoms with Crippen LogP contribution in [0, 0.1) is 0 Å². The third kappa shape index (κ3) is 12.7. The molecule has 1 rings (SSSR count). The average molecular weight is 459 g/mol. The lowest BCUT2D eigenvalue weighted by Gasteiger charge is -2.34. The normalized spacial score (nSPS) is 11.8. The van der Waals surface area contributed by atoms with Crippen molar-refractivity contribution in [3.8, 4) is 0 Å². The van der Waals surface area contributed by atoms with Crippen molar-refractivity contribution < 1.29 is 13.3 Å². The van der Waals surface area contributed by atoms with Gasteiger partial charge in [0.05, 0.1) is 0 Å². The molecule has 1 aromatic rings. The molecule has 0 fully saturated rings. The monoisotopic (exact) mass is 458 g/mol. The molecule has 0 amide bonds. The van der Waals surface area contributed by atoms with E-state index in [1.807, 2.05) is 53.8 Å². The molecule has 30 heavy (non-hydrogen) atoms. The van der Waals surface area contributed by atoms with Crippen LogP contribution in [0.4, 0.5) is 0 Å². The summed E-state index contributed by atoms with van der Waals surface area (Å²) >= 11 is 0. The third-order valence-corrected chi connectivity index (χ3v) is 7.60. The highest BCUT2D eigenvalue weighted by molar-refractivity contribution is 6.60. The number of hydrogen-bond acceptors (Lipinski definition) is 5. The Balaban J connectivity index is 0.00000841. The Morgan fingerprint density at radius 3 is 1.93 bits per heavy atom. The maximum absolute atomic E-state index is 6.23. The van der Waals surface area contributed by atoms with Gasteiger partial charge in [-0.05, 0) is 66.3 Å². The van der Waals surface area contributed by atoms with Crippen LogP contribution < -0.4 is 5.32 Å². The maximum Gasteiger partial charge on any atom is 0.501 e. The summed E-state index contributed by atoms with van der Waals surface area (Å²) in [6, 6.07) is 11.3. The number of halogens is 1. The van der Waals surface area contributed by atoms with E-state index in [9.17, 15) is 0 Å². The Hall–Kier alpha value is -0.893. The molecule has 5 nitrogen and oxygen atoms in total. The van der Waals surface area contributed by atoms with Gasteiger partial charge >= 0.3 is 8.80 Å². The van der Waals surface area contributed by atoms with Crippen molar-refractivity contribution in [3.63, 3.8) is 0 Å². The molecule has 0 spiro atoms. The highest BCUT2D eigenvalue weighted by Crippen LogP contribution is 2.23. The predicted molar refractivity (Wildman–Crippen MR) is 131 cm³/mol. The van der Waals surface area contributed by atoms with Crippen LogP contribution in [0.5, 0.6) is 0 Å². The van der Waals surface area contributed by atoms with Gasteiger partial charge in [-0.2, -0.15) is 0 Å². The summed E-state index contributed by atoms with van der Waals surface area (Å²) in [6.07, 6.45) is 3.14. The summed E-state index contributed by atoms with van der Waals surface area (Å²) in [5, 5.41) is 3.53. The molecule has 1 aromatic carbocycles. The van der Waals surface area contributed by atoms with Gasteiger partial charge in [0.15, 0.2) is 0 Å². The van der Waals surface area contributed by atoms with Gasteiger partial charge in [-0.3, -0.25) is 0 Å². The Labute approximate surface area is 192 Å². The minimum absolute atomic E-state index is 0. The second-order valence-corrected chi connectivity index (χ2v) is 10.7. The first-order chi connectivity index (χ1) is 13.8. The zero-order chi connectivity index (χ0) is 21.7. The van der Waals surface area contributed by atoms with E-state index in [0.29, 0.717) is 0 Å². The van der Waals surface area contributed by atoms with E-state index in [1.54, 1.807) is 0 Å². The first-order valence-corrected chi connectivity index (χ1v) is 12.8. The Morgan fingerprint density at radius 2 is 1.47 bits per heavy atom. The molecule has 0 aliphatic carbocycles. The van der Waals surface area contributed by atoms with Crippen LogP contribution in [-0.4, -0.2) is 51.7 Å². The van der Waals surface area contributed by atoms with E-state index in [-0.39, 0.29) is 30.7 Å².